The highest BCUT2D eigenvalue weighted by Crippen LogP contribution is 2.33. The fraction of sp³-hybridized carbons (Fsp3) is 0.692. The first-order chi connectivity index (χ1) is 9.51. The second-order valence-corrected chi connectivity index (χ2v) is 6.91. The van der Waals surface area contributed by atoms with Gasteiger partial charge in [0.2, 0.25) is 5.09 Å². The summed E-state index contributed by atoms with van der Waals surface area (Å²) >= 11 is 0. The van der Waals surface area contributed by atoms with E-state index in [0.717, 1.165) is 19.4 Å². The molecular weight excluding hydrogens is 280 g/mol. The third kappa shape index (κ3) is 3.41. The van der Waals surface area contributed by atoms with Gasteiger partial charge in [0.15, 0.2) is 0 Å². The van der Waals surface area contributed by atoms with Gasteiger partial charge in [-0.15, -0.1) is 0 Å². The number of sulfonamides is 1. The zero-order chi connectivity index (χ0) is 14.6. The summed E-state index contributed by atoms with van der Waals surface area (Å²) < 4.78 is 32.3. The zero-order valence-corrected chi connectivity index (χ0v) is 12.5. The van der Waals surface area contributed by atoms with Crippen LogP contribution in [0.25, 0.3) is 0 Å². The van der Waals surface area contributed by atoms with E-state index >= 15 is 0 Å². The molecule has 0 atom stereocenters. The Kier molecular flexibility index (Phi) is 4.85. The Bertz CT molecular complexity index is 529. The molecule has 2 rings (SSSR count). The molecule has 114 valence electrons. The first-order valence-electron chi connectivity index (χ1n) is 6.96. The summed E-state index contributed by atoms with van der Waals surface area (Å²) in [4.78, 5) is 0. The molecule has 1 aromatic rings. The number of hydrogen-bond acceptors (Lipinski definition) is 5. The first-order valence-corrected chi connectivity index (χ1v) is 8.44. The predicted octanol–water partition coefficient (Wildman–Crippen LogP) is 0.972. The summed E-state index contributed by atoms with van der Waals surface area (Å²) in [6, 6.07) is 3.11. The molecule has 7 heteroatoms. The Balaban J connectivity index is 2.02. The van der Waals surface area contributed by atoms with Crippen molar-refractivity contribution in [3.8, 4) is 0 Å². The highest BCUT2D eigenvalue weighted by molar-refractivity contribution is 7.89. The van der Waals surface area contributed by atoms with E-state index < -0.39 is 15.6 Å². The van der Waals surface area contributed by atoms with Gasteiger partial charge in [-0.25, -0.2) is 13.1 Å². The van der Waals surface area contributed by atoms with Crippen LogP contribution < -0.4 is 10.0 Å². The van der Waals surface area contributed by atoms with Crippen LogP contribution >= 0.6 is 0 Å². The van der Waals surface area contributed by atoms with Gasteiger partial charge in [-0.05, 0) is 44.4 Å². The number of aliphatic hydroxyl groups excluding tert-OH is 1. The molecule has 0 aromatic carbocycles. The number of nitrogens with one attached hydrogen (secondary N) is 2. The third-order valence-corrected chi connectivity index (χ3v) is 5.04. The van der Waals surface area contributed by atoms with Crippen molar-refractivity contribution in [2.75, 3.05) is 13.2 Å². The van der Waals surface area contributed by atoms with Crippen molar-refractivity contribution in [3.05, 3.63) is 17.9 Å². The lowest BCUT2D eigenvalue weighted by atomic mass is 9.78. The standard InChI is InChI=1S/C13H22N2O4S/c1-2-8-14-9-11-4-5-12(19-11)20(17,18)15-13(10-16)6-3-7-13/h4-5,14-16H,2-3,6-10H2,1H3. The van der Waals surface area contributed by atoms with Crippen molar-refractivity contribution >= 4 is 10.0 Å². The fourth-order valence-electron chi connectivity index (χ4n) is 2.22. The van der Waals surface area contributed by atoms with Crippen LogP contribution in [0, 0.1) is 0 Å². The van der Waals surface area contributed by atoms with Gasteiger partial charge in [0.25, 0.3) is 10.0 Å². The average Bonchev–Trinajstić information content (AvgIpc) is 2.84. The van der Waals surface area contributed by atoms with E-state index in [1.54, 1.807) is 6.07 Å². The summed E-state index contributed by atoms with van der Waals surface area (Å²) in [6.07, 6.45) is 3.25. The topological polar surface area (TPSA) is 91.6 Å². The van der Waals surface area contributed by atoms with Crippen LogP contribution in [0.3, 0.4) is 0 Å². The molecule has 0 spiro atoms. The molecule has 0 bridgehead atoms. The molecule has 0 saturated heterocycles. The van der Waals surface area contributed by atoms with Crippen LogP contribution in [0.2, 0.25) is 0 Å². The van der Waals surface area contributed by atoms with Gasteiger partial charge in [-0.3, -0.25) is 0 Å². The highest BCUT2D eigenvalue weighted by Gasteiger charge is 2.41. The van der Waals surface area contributed by atoms with Gasteiger partial charge in [-0.2, -0.15) is 0 Å². The minimum absolute atomic E-state index is 0.0921. The minimum atomic E-state index is -3.71. The third-order valence-electron chi connectivity index (χ3n) is 3.59. The number of furan rings is 1. The van der Waals surface area contributed by atoms with Crippen LogP contribution in [0.4, 0.5) is 0 Å². The molecule has 0 amide bonds. The van der Waals surface area contributed by atoms with E-state index in [9.17, 15) is 13.5 Å². The minimum Gasteiger partial charge on any atom is -0.447 e. The molecule has 1 heterocycles. The van der Waals surface area contributed by atoms with E-state index in [1.807, 2.05) is 0 Å². The van der Waals surface area contributed by atoms with E-state index in [-0.39, 0.29) is 11.7 Å². The van der Waals surface area contributed by atoms with Gasteiger partial charge < -0.3 is 14.8 Å². The quantitative estimate of drug-likeness (QED) is 0.622. The maximum atomic E-state index is 12.2. The smallest absolute Gasteiger partial charge is 0.274 e. The van der Waals surface area contributed by atoms with E-state index in [0.29, 0.717) is 25.1 Å². The maximum absolute atomic E-state index is 12.2. The Morgan fingerprint density at radius 1 is 1.40 bits per heavy atom. The second-order valence-electron chi connectivity index (χ2n) is 5.30. The van der Waals surface area contributed by atoms with Gasteiger partial charge in [0, 0.05) is 0 Å². The lowest BCUT2D eigenvalue weighted by molar-refractivity contribution is 0.110. The Morgan fingerprint density at radius 3 is 2.70 bits per heavy atom. The SMILES string of the molecule is CCCNCc1ccc(S(=O)(=O)NC2(CO)CCC2)o1. The van der Waals surface area contributed by atoms with Crippen LogP contribution in [0.15, 0.2) is 21.6 Å². The summed E-state index contributed by atoms with van der Waals surface area (Å²) in [6.45, 7) is 3.24. The van der Waals surface area contributed by atoms with Crippen molar-refractivity contribution in [2.24, 2.45) is 0 Å². The lowest BCUT2D eigenvalue weighted by Crippen LogP contribution is -2.55. The normalized spacial score (nSPS) is 17.9. The molecule has 1 aliphatic rings. The van der Waals surface area contributed by atoms with Crippen molar-refractivity contribution in [1.82, 2.24) is 10.0 Å². The van der Waals surface area contributed by atoms with Crippen molar-refractivity contribution in [1.29, 1.82) is 0 Å². The molecule has 1 saturated carbocycles. The molecule has 1 aromatic heterocycles. The van der Waals surface area contributed by atoms with E-state index in [4.69, 9.17) is 4.42 Å². The molecule has 6 nitrogen and oxygen atoms in total. The predicted molar refractivity (Wildman–Crippen MR) is 74.7 cm³/mol. The number of hydrogen-bond donors (Lipinski definition) is 3. The fourth-order valence-corrected chi connectivity index (χ4v) is 3.62. The molecule has 0 unspecified atom stereocenters. The van der Waals surface area contributed by atoms with Crippen LogP contribution in [-0.2, 0) is 16.6 Å². The maximum Gasteiger partial charge on any atom is 0.274 e. The van der Waals surface area contributed by atoms with Gasteiger partial charge >= 0.3 is 0 Å². The van der Waals surface area contributed by atoms with E-state index in [1.165, 1.54) is 6.07 Å². The van der Waals surface area contributed by atoms with Crippen LogP contribution in [0.1, 0.15) is 38.4 Å². The Morgan fingerprint density at radius 2 is 2.15 bits per heavy atom. The van der Waals surface area contributed by atoms with Crippen LogP contribution in [0.5, 0.6) is 0 Å². The van der Waals surface area contributed by atoms with Crippen molar-refractivity contribution in [3.63, 3.8) is 0 Å². The molecular formula is C13H22N2O4S. The molecule has 1 fully saturated rings. The van der Waals surface area contributed by atoms with Crippen LogP contribution in [-0.4, -0.2) is 32.2 Å². The zero-order valence-electron chi connectivity index (χ0n) is 11.7. The summed E-state index contributed by atoms with van der Waals surface area (Å²) in [5.74, 6) is 0.588. The monoisotopic (exact) mass is 302 g/mol. The number of rotatable bonds is 8. The van der Waals surface area contributed by atoms with Crippen molar-refractivity contribution < 1.29 is 17.9 Å². The summed E-state index contributed by atoms with van der Waals surface area (Å²) in [7, 11) is -3.71. The van der Waals surface area contributed by atoms with Crippen molar-refractivity contribution in [2.45, 2.75) is 49.8 Å². The largest absolute Gasteiger partial charge is 0.447 e. The van der Waals surface area contributed by atoms with Gasteiger partial charge in [0.05, 0.1) is 18.7 Å². The summed E-state index contributed by atoms with van der Waals surface area (Å²) in [5, 5.41) is 12.4. The Hall–Kier alpha value is -0.890. The molecule has 3 N–H and O–H groups in total. The average molecular weight is 302 g/mol. The highest BCUT2D eigenvalue weighted by atomic mass is 32.2. The molecule has 20 heavy (non-hydrogen) atoms. The van der Waals surface area contributed by atoms with Gasteiger partial charge in [-0.1, -0.05) is 6.92 Å². The molecule has 0 radical (unpaired) electrons. The van der Waals surface area contributed by atoms with E-state index in [2.05, 4.69) is 17.0 Å². The number of aliphatic hydroxyl groups is 1. The first kappa shape index (κ1) is 15.5. The molecule has 1 aliphatic carbocycles. The lowest BCUT2D eigenvalue weighted by Gasteiger charge is -2.40. The summed E-state index contributed by atoms with van der Waals surface area (Å²) in [5.41, 5.74) is -0.702. The Labute approximate surface area is 119 Å². The second kappa shape index (κ2) is 6.26. The molecule has 0 aliphatic heterocycles. The van der Waals surface area contributed by atoms with Gasteiger partial charge in [0.1, 0.15) is 5.76 Å².